The van der Waals surface area contributed by atoms with Crippen LogP contribution >= 0.6 is 24.0 Å². The summed E-state index contributed by atoms with van der Waals surface area (Å²) in [4.78, 5) is 11.0. The first-order chi connectivity index (χ1) is 11.0. The van der Waals surface area contributed by atoms with Crippen LogP contribution in [0.2, 0.25) is 0 Å². The largest absolute Gasteiger partial charge is 0.497 e. The highest BCUT2D eigenvalue weighted by Gasteiger charge is 2.17. The Kier molecular flexibility index (Phi) is 5.51. The van der Waals surface area contributed by atoms with Crippen molar-refractivity contribution in [1.29, 1.82) is 5.26 Å². The molecule has 0 bridgehead atoms. The molecule has 0 amide bonds. The standard InChI is InChI=1S/C15H11N3O3S2/c1-21-12-5-3-11(4-6-12)17-15(22)23-14-7-2-10(9-16)8-13(14)18(19)20/h2-8H,1H3,(H,17,22). The van der Waals surface area contributed by atoms with E-state index in [1.165, 1.54) is 18.2 Å². The monoisotopic (exact) mass is 345 g/mol. The minimum absolute atomic E-state index is 0.145. The number of nitrogens with one attached hydrogen (secondary N) is 1. The third-order valence-corrected chi connectivity index (χ3v) is 4.03. The number of nitriles is 1. The van der Waals surface area contributed by atoms with Crippen LogP contribution in [0, 0.1) is 21.4 Å². The molecule has 2 aromatic rings. The first kappa shape index (κ1) is 16.7. The summed E-state index contributed by atoms with van der Waals surface area (Å²) < 4.78 is 5.43. The maximum atomic E-state index is 11.1. The lowest BCUT2D eigenvalue weighted by molar-refractivity contribution is -0.387. The van der Waals surface area contributed by atoms with Crippen LogP contribution in [0.15, 0.2) is 47.4 Å². The van der Waals surface area contributed by atoms with Gasteiger partial charge >= 0.3 is 0 Å². The van der Waals surface area contributed by atoms with E-state index in [-0.39, 0.29) is 11.3 Å². The fourth-order valence-corrected chi connectivity index (χ4v) is 2.86. The summed E-state index contributed by atoms with van der Waals surface area (Å²) in [7, 11) is 1.58. The van der Waals surface area contributed by atoms with Crippen molar-refractivity contribution in [3.63, 3.8) is 0 Å². The van der Waals surface area contributed by atoms with Crippen molar-refractivity contribution in [1.82, 2.24) is 0 Å². The number of thioether (sulfide) groups is 1. The zero-order chi connectivity index (χ0) is 16.8. The smallest absolute Gasteiger partial charge is 0.284 e. The lowest BCUT2D eigenvalue weighted by Crippen LogP contribution is -2.05. The maximum absolute atomic E-state index is 11.1. The number of hydrogen-bond donors (Lipinski definition) is 1. The van der Waals surface area contributed by atoms with E-state index in [1.54, 1.807) is 31.4 Å². The van der Waals surface area contributed by atoms with E-state index >= 15 is 0 Å². The molecule has 0 spiro atoms. The van der Waals surface area contributed by atoms with Crippen molar-refractivity contribution >= 4 is 39.7 Å². The maximum Gasteiger partial charge on any atom is 0.284 e. The Bertz CT molecular complexity index is 786. The molecule has 0 fully saturated rings. The summed E-state index contributed by atoms with van der Waals surface area (Å²) in [5, 5.41) is 22.9. The van der Waals surface area contributed by atoms with Crippen LogP contribution < -0.4 is 10.1 Å². The SMILES string of the molecule is COc1ccc(NC(=S)Sc2ccc(C#N)cc2[N+](=O)[O-])cc1. The summed E-state index contributed by atoms with van der Waals surface area (Å²) in [6.45, 7) is 0. The summed E-state index contributed by atoms with van der Waals surface area (Å²) in [5.74, 6) is 0.719. The molecule has 23 heavy (non-hydrogen) atoms. The highest BCUT2D eigenvalue weighted by atomic mass is 32.2. The Hall–Kier alpha value is -2.63. The molecule has 0 saturated heterocycles. The summed E-state index contributed by atoms with van der Waals surface area (Å²) in [6.07, 6.45) is 0. The number of hydrogen-bond acceptors (Lipinski definition) is 6. The van der Waals surface area contributed by atoms with Crippen molar-refractivity contribution in [2.24, 2.45) is 0 Å². The molecule has 1 N–H and O–H groups in total. The normalized spacial score (nSPS) is 9.74. The van der Waals surface area contributed by atoms with Gasteiger partial charge in [-0.05, 0) is 36.4 Å². The van der Waals surface area contributed by atoms with E-state index in [9.17, 15) is 10.1 Å². The minimum atomic E-state index is -0.529. The molecule has 0 radical (unpaired) electrons. The van der Waals surface area contributed by atoms with Gasteiger partial charge in [0.2, 0.25) is 0 Å². The molecule has 0 aliphatic rings. The van der Waals surface area contributed by atoms with E-state index in [0.717, 1.165) is 23.2 Å². The van der Waals surface area contributed by atoms with Gasteiger partial charge in [0, 0.05) is 11.8 Å². The highest BCUT2D eigenvalue weighted by Crippen LogP contribution is 2.31. The number of benzene rings is 2. The van der Waals surface area contributed by atoms with Crippen LogP contribution in [0.5, 0.6) is 5.75 Å². The molecule has 2 aromatic carbocycles. The number of ether oxygens (including phenoxy) is 1. The zero-order valence-electron chi connectivity index (χ0n) is 12.0. The van der Waals surface area contributed by atoms with Crippen molar-refractivity contribution < 1.29 is 9.66 Å². The van der Waals surface area contributed by atoms with Crippen LogP contribution in [0.25, 0.3) is 0 Å². The van der Waals surface area contributed by atoms with E-state index in [4.69, 9.17) is 22.2 Å². The Balaban J connectivity index is 2.13. The van der Waals surface area contributed by atoms with Crippen LogP contribution in [0.3, 0.4) is 0 Å². The van der Waals surface area contributed by atoms with E-state index in [2.05, 4.69) is 5.32 Å². The number of nitro benzene ring substituents is 1. The molecular weight excluding hydrogens is 334 g/mol. The Labute approximate surface area is 142 Å². The van der Waals surface area contributed by atoms with Gasteiger partial charge in [0.1, 0.15) is 10.1 Å². The van der Waals surface area contributed by atoms with Gasteiger partial charge in [-0.3, -0.25) is 10.1 Å². The van der Waals surface area contributed by atoms with E-state index in [1.807, 2.05) is 6.07 Å². The van der Waals surface area contributed by atoms with Crippen LogP contribution in [-0.4, -0.2) is 16.4 Å². The second-order valence-corrected chi connectivity index (χ2v) is 6.01. The molecule has 0 heterocycles. The van der Waals surface area contributed by atoms with Crippen molar-refractivity contribution in [2.45, 2.75) is 4.90 Å². The van der Waals surface area contributed by atoms with E-state index in [0.29, 0.717) is 9.22 Å². The number of rotatable bonds is 4. The zero-order valence-corrected chi connectivity index (χ0v) is 13.6. The number of nitrogens with zero attached hydrogens (tertiary/aromatic N) is 2. The topological polar surface area (TPSA) is 88.2 Å². The molecular formula is C15H11N3O3S2. The second kappa shape index (κ2) is 7.58. The Morgan fingerprint density at radius 3 is 2.61 bits per heavy atom. The third-order valence-electron chi connectivity index (χ3n) is 2.82. The lowest BCUT2D eigenvalue weighted by Gasteiger charge is -2.08. The highest BCUT2D eigenvalue weighted by molar-refractivity contribution is 8.23. The summed E-state index contributed by atoms with van der Waals surface area (Å²) >= 11 is 6.28. The fraction of sp³-hybridized carbons (Fsp3) is 0.0667. The van der Waals surface area contributed by atoms with Crippen LogP contribution in [-0.2, 0) is 0 Å². The van der Waals surface area contributed by atoms with Gasteiger partial charge in [-0.1, -0.05) is 24.0 Å². The lowest BCUT2D eigenvalue weighted by atomic mass is 10.2. The van der Waals surface area contributed by atoms with Crippen molar-refractivity contribution in [3.05, 3.63) is 58.1 Å². The molecule has 0 aromatic heterocycles. The molecule has 2 rings (SSSR count). The molecule has 0 unspecified atom stereocenters. The molecule has 0 saturated carbocycles. The van der Waals surface area contributed by atoms with Gasteiger partial charge in [0.15, 0.2) is 0 Å². The van der Waals surface area contributed by atoms with Gasteiger partial charge in [0.25, 0.3) is 5.69 Å². The average molecular weight is 345 g/mol. The Morgan fingerprint density at radius 1 is 1.35 bits per heavy atom. The molecule has 0 aliphatic carbocycles. The quantitative estimate of drug-likeness (QED) is 0.388. The first-order valence-corrected chi connectivity index (χ1v) is 7.57. The predicted molar refractivity (Wildman–Crippen MR) is 92.9 cm³/mol. The van der Waals surface area contributed by atoms with Crippen molar-refractivity contribution in [2.75, 3.05) is 12.4 Å². The predicted octanol–water partition coefficient (Wildman–Crippen LogP) is 3.96. The fourth-order valence-electron chi connectivity index (χ4n) is 1.73. The van der Waals surface area contributed by atoms with E-state index < -0.39 is 4.92 Å². The van der Waals surface area contributed by atoms with Gasteiger partial charge in [-0.15, -0.1) is 0 Å². The molecule has 6 nitrogen and oxygen atoms in total. The summed E-state index contributed by atoms with van der Waals surface area (Å²) in [6, 6.07) is 13.3. The molecule has 0 aliphatic heterocycles. The van der Waals surface area contributed by atoms with Crippen LogP contribution in [0.4, 0.5) is 11.4 Å². The van der Waals surface area contributed by atoms with Gasteiger partial charge in [-0.2, -0.15) is 5.26 Å². The Morgan fingerprint density at radius 2 is 2.04 bits per heavy atom. The number of anilines is 1. The molecule has 0 atom stereocenters. The third kappa shape index (κ3) is 4.42. The number of nitro groups is 1. The molecule has 116 valence electrons. The average Bonchev–Trinajstić information content (AvgIpc) is 2.55. The number of methoxy groups -OCH3 is 1. The first-order valence-electron chi connectivity index (χ1n) is 6.35. The minimum Gasteiger partial charge on any atom is -0.497 e. The summed E-state index contributed by atoms with van der Waals surface area (Å²) in [5.41, 5.74) is 0.836. The second-order valence-electron chi connectivity index (χ2n) is 4.29. The van der Waals surface area contributed by atoms with Gasteiger partial charge in [0.05, 0.1) is 28.6 Å². The molecule has 8 heteroatoms. The van der Waals surface area contributed by atoms with Crippen LogP contribution in [0.1, 0.15) is 5.56 Å². The number of thiocarbonyl (C=S) groups is 1. The van der Waals surface area contributed by atoms with Gasteiger partial charge < -0.3 is 10.1 Å². The van der Waals surface area contributed by atoms with Gasteiger partial charge in [-0.25, -0.2) is 0 Å². The van der Waals surface area contributed by atoms with Crippen molar-refractivity contribution in [3.8, 4) is 11.8 Å².